The molecular weight excluding hydrogens is 514 g/mol. The number of hydrogen-bond donors (Lipinski definition) is 4. The van der Waals surface area contributed by atoms with Gasteiger partial charge in [-0.3, -0.25) is 24.7 Å². The summed E-state index contributed by atoms with van der Waals surface area (Å²) in [6.45, 7) is 6.69. The summed E-state index contributed by atoms with van der Waals surface area (Å²) in [5, 5.41) is 11.0. The average Bonchev–Trinajstić information content (AvgIpc) is 2.91. The molecule has 1 atom stereocenters. The van der Waals surface area contributed by atoms with E-state index in [0.29, 0.717) is 24.5 Å². The number of ether oxygens (including phenoxy) is 2. The van der Waals surface area contributed by atoms with Gasteiger partial charge in [-0.05, 0) is 56.9 Å². The van der Waals surface area contributed by atoms with Crippen LogP contribution in [0.5, 0.6) is 0 Å². The van der Waals surface area contributed by atoms with Crippen molar-refractivity contribution in [2.75, 3.05) is 13.1 Å². The van der Waals surface area contributed by atoms with Crippen LogP contribution in [0.1, 0.15) is 61.5 Å². The largest absolute Gasteiger partial charge is 0.460 e. The predicted molar refractivity (Wildman–Crippen MR) is 149 cm³/mol. The molecule has 1 aliphatic rings. The van der Waals surface area contributed by atoms with E-state index in [2.05, 4.69) is 26.3 Å². The highest BCUT2D eigenvalue weighted by molar-refractivity contribution is 5.97. The van der Waals surface area contributed by atoms with Crippen LogP contribution < -0.4 is 21.3 Å². The van der Waals surface area contributed by atoms with Crippen molar-refractivity contribution in [3.05, 3.63) is 71.3 Å². The molecule has 0 saturated carbocycles. The topological polar surface area (TPSA) is 147 Å². The molecule has 11 nitrogen and oxygen atoms in total. The standard InChI is InChI=1S/C29H37N5O6/c1-29(2,3)40-25(36)18-23(33-28(38)39-19-21-8-5-4-6-9-21)32-26(37)22-13-10-20(11-14-22)12-15-24(35)34-27-30-16-7-17-31-27/h4-6,8-11,13-14,23H,7,12,15-19H2,1-3H3,(H,32,37)(H,33,38)(H2,30,31,34,35). The summed E-state index contributed by atoms with van der Waals surface area (Å²) in [7, 11) is 0. The van der Waals surface area contributed by atoms with Crippen molar-refractivity contribution in [1.82, 2.24) is 21.3 Å². The van der Waals surface area contributed by atoms with Gasteiger partial charge in [0.25, 0.3) is 5.91 Å². The zero-order valence-corrected chi connectivity index (χ0v) is 23.1. The minimum Gasteiger partial charge on any atom is -0.460 e. The summed E-state index contributed by atoms with van der Waals surface area (Å²) in [4.78, 5) is 54.2. The molecule has 0 saturated heterocycles. The Morgan fingerprint density at radius 1 is 0.975 bits per heavy atom. The van der Waals surface area contributed by atoms with E-state index in [1.165, 1.54) is 0 Å². The first-order chi connectivity index (χ1) is 19.1. The van der Waals surface area contributed by atoms with Crippen LogP contribution in [-0.4, -0.2) is 54.7 Å². The number of carbonyl (C=O) groups excluding carboxylic acids is 4. The third kappa shape index (κ3) is 11.1. The van der Waals surface area contributed by atoms with Crippen LogP contribution in [0.4, 0.5) is 4.79 Å². The summed E-state index contributed by atoms with van der Waals surface area (Å²) < 4.78 is 10.6. The van der Waals surface area contributed by atoms with Gasteiger partial charge in [-0.25, -0.2) is 4.79 Å². The Labute approximate surface area is 234 Å². The smallest absolute Gasteiger partial charge is 0.409 e. The highest BCUT2D eigenvalue weighted by Gasteiger charge is 2.24. The van der Waals surface area contributed by atoms with E-state index in [4.69, 9.17) is 9.47 Å². The molecule has 0 aromatic heterocycles. The molecule has 3 rings (SSSR count). The van der Waals surface area contributed by atoms with Gasteiger partial charge < -0.3 is 25.4 Å². The third-order valence-electron chi connectivity index (χ3n) is 5.61. The Balaban J connectivity index is 1.55. The Hall–Kier alpha value is -4.41. The average molecular weight is 552 g/mol. The molecule has 2 aromatic carbocycles. The first-order valence-corrected chi connectivity index (χ1v) is 13.2. The monoisotopic (exact) mass is 551 g/mol. The van der Waals surface area contributed by atoms with Crippen LogP contribution in [0.3, 0.4) is 0 Å². The van der Waals surface area contributed by atoms with Gasteiger partial charge in [0.1, 0.15) is 18.4 Å². The lowest BCUT2D eigenvalue weighted by Gasteiger charge is -2.23. The Kier molecular flexibility index (Phi) is 11.0. The van der Waals surface area contributed by atoms with Gasteiger partial charge >= 0.3 is 12.1 Å². The normalized spacial score (nSPS) is 13.6. The maximum atomic E-state index is 12.9. The molecule has 0 spiro atoms. The van der Waals surface area contributed by atoms with E-state index >= 15 is 0 Å². The summed E-state index contributed by atoms with van der Waals surface area (Å²) in [6, 6.07) is 15.9. The second-order valence-electron chi connectivity index (χ2n) is 10.3. The zero-order chi connectivity index (χ0) is 29.0. The number of benzene rings is 2. The van der Waals surface area contributed by atoms with Crippen molar-refractivity contribution in [1.29, 1.82) is 0 Å². The molecule has 40 heavy (non-hydrogen) atoms. The molecule has 214 valence electrons. The fourth-order valence-corrected chi connectivity index (χ4v) is 3.73. The van der Waals surface area contributed by atoms with Crippen LogP contribution in [0.2, 0.25) is 0 Å². The van der Waals surface area contributed by atoms with Crippen LogP contribution in [0.15, 0.2) is 59.6 Å². The Morgan fingerprint density at radius 2 is 1.70 bits per heavy atom. The maximum Gasteiger partial charge on any atom is 0.409 e. The number of hydrogen-bond acceptors (Lipinski definition) is 8. The van der Waals surface area contributed by atoms with Gasteiger partial charge in [0.2, 0.25) is 5.91 Å². The third-order valence-corrected chi connectivity index (χ3v) is 5.61. The van der Waals surface area contributed by atoms with Gasteiger partial charge in [-0.15, -0.1) is 0 Å². The second kappa shape index (κ2) is 14.7. The van der Waals surface area contributed by atoms with Crippen LogP contribution in [0, 0.1) is 0 Å². The van der Waals surface area contributed by atoms with Gasteiger partial charge in [0, 0.05) is 25.1 Å². The van der Waals surface area contributed by atoms with Crippen molar-refractivity contribution in [3.8, 4) is 0 Å². The van der Waals surface area contributed by atoms with Gasteiger partial charge in [-0.2, -0.15) is 0 Å². The fraction of sp³-hybridized carbons (Fsp3) is 0.414. The molecule has 0 radical (unpaired) electrons. The lowest BCUT2D eigenvalue weighted by Crippen LogP contribution is -2.49. The highest BCUT2D eigenvalue weighted by Crippen LogP contribution is 2.11. The number of nitrogens with one attached hydrogen (secondary N) is 4. The molecule has 0 aliphatic carbocycles. The Bertz CT molecular complexity index is 1190. The first-order valence-electron chi connectivity index (χ1n) is 13.2. The van der Waals surface area contributed by atoms with Crippen molar-refractivity contribution in [3.63, 3.8) is 0 Å². The van der Waals surface area contributed by atoms with E-state index < -0.39 is 29.7 Å². The van der Waals surface area contributed by atoms with Crippen LogP contribution in [0.25, 0.3) is 0 Å². The van der Waals surface area contributed by atoms with Crippen molar-refractivity contribution in [2.24, 2.45) is 4.99 Å². The number of nitrogens with zero attached hydrogens (tertiary/aromatic N) is 1. The lowest BCUT2D eigenvalue weighted by atomic mass is 10.1. The van der Waals surface area contributed by atoms with E-state index in [9.17, 15) is 19.2 Å². The van der Waals surface area contributed by atoms with Gasteiger partial charge in [0.05, 0.1) is 6.42 Å². The zero-order valence-electron chi connectivity index (χ0n) is 23.1. The number of esters is 1. The highest BCUT2D eigenvalue weighted by atomic mass is 16.6. The number of amides is 3. The number of alkyl carbamates (subject to hydrolysis) is 1. The molecule has 4 N–H and O–H groups in total. The van der Waals surface area contributed by atoms with Crippen molar-refractivity contribution >= 4 is 29.8 Å². The van der Waals surface area contributed by atoms with Crippen LogP contribution in [-0.2, 0) is 32.1 Å². The van der Waals surface area contributed by atoms with Gasteiger partial charge in [0.15, 0.2) is 5.96 Å². The minimum atomic E-state index is -1.06. The van der Waals surface area contributed by atoms with E-state index in [1.54, 1.807) is 45.0 Å². The molecule has 0 fully saturated rings. The summed E-state index contributed by atoms with van der Waals surface area (Å²) in [5.74, 6) is -0.737. The van der Waals surface area contributed by atoms with Crippen molar-refractivity contribution < 1.29 is 28.7 Å². The van der Waals surface area contributed by atoms with E-state index in [-0.39, 0.29) is 25.4 Å². The van der Waals surface area contributed by atoms with Crippen molar-refractivity contribution in [2.45, 2.75) is 64.8 Å². The van der Waals surface area contributed by atoms with E-state index in [0.717, 1.165) is 24.1 Å². The molecule has 0 bridgehead atoms. The molecule has 11 heteroatoms. The fourth-order valence-electron chi connectivity index (χ4n) is 3.73. The van der Waals surface area contributed by atoms with Crippen LogP contribution >= 0.6 is 0 Å². The quantitative estimate of drug-likeness (QED) is 0.262. The molecule has 2 aromatic rings. The molecule has 1 aliphatic heterocycles. The van der Waals surface area contributed by atoms with Gasteiger partial charge in [-0.1, -0.05) is 42.5 Å². The summed E-state index contributed by atoms with van der Waals surface area (Å²) >= 11 is 0. The first kappa shape index (κ1) is 30.1. The minimum absolute atomic E-state index is 0.0316. The number of carbonyl (C=O) groups is 4. The number of guanidine groups is 1. The molecular formula is C29H37N5O6. The number of aliphatic imine (C=N–C) groups is 1. The summed E-state index contributed by atoms with van der Waals surface area (Å²) in [5.41, 5.74) is 1.26. The molecule has 1 unspecified atom stereocenters. The van der Waals surface area contributed by atoms with E-state index in [1.807, 2.05) is 30.3 Å². The molecule has 3 amide bonds. The SMILES string of the molecule is CC(C)(C)OC(=O)CC(NC(=O)OCc1ccccc1)NC(=O)c1ccc(CCC(=O)NC2=NCCCN2)cc1. The number of rotatable bonds is 10. The Morgan fingerprint density at radius 3 is 2.35 bits per heavy atom. The summed E-state index contributed by atoms with van der Waals surface area (Å²) in [6.07, 6.45) is -0.464. The molecule has 1 heterocycles. The number of aryl methyl sites for hydroxylation is 1. The predicted octanol–water partition coefficient (Wildman–Crippen LogP) is 2.80. The maximum absolute atomic E-state index is 12.9. The second-order valence-corrected chi connectivity index (χ2v) is 10.3. The lowest BCUT2D eigenvalue weighted by molar-refractivity contribution is -0.155.